The summed E-state index contributed by atoms with van der Waals surface area (Å²) in [5, 5.41) is 11.8. The first-order valence-electron chi connectivity index (χ1n) is 7.18. The molecule has 110 valence electrons. The van der Waals surface area contributed by atoms with Gasteiger partial charge < -0.3 is 10.3 Å². The van der Waals surface area contributed by atoms with Gasteiger partial charge in [-0.15, -0.1) is 0 Å². The number of nitrogens with one attached hydrogen (secondary N) is 2. The minimum atomic E-state index is -0.137. The zero-order valence-electron chi connectivity index (χ0n) is 11.9. The predicted molar refractivity (Wildman–Crippen MR) is 81.5 cm³/mol. The van der Waals surface area contributed by atoms with E-state index in [0.29, 0.717) is 17.5 Å². The number of fused-ring (bicyclic) bond motifs is 1. The number of hydrogen-bond donors (Lipinski definition) is 2. The number of pyridine rings is 1. The Balaban J connectivity index is 1.69. The molecule has 2 N–H and O–H groups in total. The van der Waals surface area contributed by atoms with Crippen LogP contribution in [0.1, 0.15) is 33.6 Å². The highest BCUT2D eigenvalue weighted by atomic mass is 16.1. The summed E-state index contributed by atoms with van der Waals surface area (Å²) in [6, 6.07) is 12.0. The van der Waals surface area contributed by atoms with Crippen LogP contribution in [-0.2, 0) is 12.8 Å². The molecule has 0 bridgehead atoms. The third kappa shape index (κ3) is 2.91. The molecule has 0 fully saturated rings. The Morgan fingerprint density at radius 2 is 2.00 bits per heavy atom. The Labute approximate surface area is 127 Å². The number of benzene rings is 1. The third-order valence-electron chi connectivity index (χ3n) is 3.92. The number of rotatable bonds is 2. The zero-order chi connectivity index (χ0) is 15.5. The molecule has 0 radical (unpaired) electrons. The van der Waals surface area contributed by atoms with Crippen molar-refractivity contribution in [3.63, 3.8) is 0 Å². The fraction of sp³-hybridized carbons (Fsp3) is 0.235. The summed E-state index contributed by atoms with van der Waals surface area (Å²) in [6.45, 7) is 0. The molecular weight excluding hydrogens is 278 g/mol. The van der Waals surface area contributed by atoms with Gasteiger partial charge in [-0.1, -0.05) is 6.07 Å². The Morgan fingerprint density at radius 1 is 1.23 bits per heavy atom. The van der Waals surface area contributed by atoms with E-state index in [1.54, 1.807) is 24.3 Å². The second-order valence-corrected chi connectivity index (χ2v) is 5.43. The van der Waals surface area contributed by atoms with E-state index in [2.05, 4.69) is 10.3 Å². The average molecular weight is 293 g/mol. The second kappa shape index (κ2) is 5.86. The largest absolute Gasteiger partial charge is 0.349 e. The SMILES string of the molecule is N#Cc1ccc(C(=O)NC2CCc3[nH]c(=O)ccc3C2)cc1. The molecule has 22 heavy (non-hydrogen) atoms. The van der Waals surface area contributed by atoms with Crippen molar-refractivity contribution >= 4 is 5.91 Å². The normalized spacial score (nSPS) is 16.4. The Kier molecular flexibility index (Phi) is 3.75. The van der Waals surface area contributed by atoms with Crippen molar-refractivity contribution in [3.8, 4) is 6.07 Å². The fourth-order valence-electron chi connectivity index (χ4n) is 2.74. The summed E-state index contributed by atoms with van der Waals surface area (Å²) >= 11 is 0. The summed E-state index contributed by atoms with van der Waals surface area (Å²) in [5.74, 6) is -0.137. The summed E-state index contributed by atoms with van der Waals surface area (Å²) in [7, 11) is 0. The predicted octanol–water partition coefficient (Wildman–Crippen LogP) is 1.53. The lowest BCUT2D eigenvalue weighted by Gasteiger charge is -2.25. The van der Waals surface area contributed by atoms with Crippen LogP contribution in [0.15, 0.2) is 41.2 Å². The van der Waals surface area contributed by atoms with Gasteiger partial charge in [0.15, 0.2) is 0 Å². The Morgan fingerprint density at radius 3 is 2.73 bits per heavy atom. The smallest absolute Gasteiger partial charge is 0.251 e. The number of carbonyl (C=O) groups excluding carboxylic acids is 1. The van der Waals surface area contributed by atoms with Crippen LogP contribution in [-0.4, -0.2) is 16.9 Å². The first-order chi connectivity index (χ1) is 10.7. The molecule has 3 rings (SSSR count). The minimum Gasteiger partial charge on any atom is -0.349 e. The molecule has 1 atom stereocenters. The van der Waals surface area contributed by atoms with E-state index in [1.165, 1.54) is 6.07 Å². The van der Waals surface area contributed by atoms with Gasteiger partial charge in [0.25, 0.3) is 5.91 Å². The topological polar surface area (TPSA) is 85.8 Å². The Hall–Kier alpha value is -2.87. The molecular formula is C17H15N3O2. The van der Waals surface area contributed by atoms with Crippen molar-refractivity contribution < 1.29 is 4.79 Å². The Bertz CT molecular complexity index is 800. The van der Waals surface area contributed by atoms with Crippen LogP contribution in [0.5, 0.6) is 0 Å². The van der Waals surface area contributed by atoms with Gasteiger partial charge >= 0.3 is 0 Å². The van der Waals surface area contributed by atoms with Gasteiger partial charge in [0, 0.05) is 23.4 Å². The molecule has 0 saturated heterocycles. The van der Waals surface area contributed by atoms with Crippen molar-refractivity contribution in [3.05, 3.63) is 69.1 Å². The molecule has 1 aliphatic carbocycles. The van der Waals surface area contributed by atoms with E-state index >= 15 is 0 Å². The van der Waals surface area contributed by atoms with E-state index in [1.807, 2.05) is 12.1 Å². The quantitative estimate of drug-likeness (QED) is 0.880. The molecule has 0 saturated carbocycles. The number of hydrogen-bond acceptors (Lipinski definition) is 3. The number of amides is 1. The molecule has 1 heterocycles. The second-order valence-electron chi connectivity index (χ2n) is 5.43. The van der Waals surface area contributed by atoms with Gasteiger partial charge in [0.05, 0.1) is 11.6 Å². The number of nitrogens with zero attached hydrogens (tertiary/aromatic N) is 1. The molecule has 1 amide bonds. The van der Waals surface area contributed by atoms with Gasteiger partial charge in [0.2, 0.25) is 5.56 Å². The zero-order valence-corrected chi connectivity index (χ0v) is 11.9. The maximum Gasteiger partial charge on any atom is 0.251 e. The van der Waals surface area contributed by atoms with Crippen molar-refractivity contribution in [2.45, 2.75) is 25.3 Å². The molecule has 0 aliphatic heterocycles. The van der Waals surface area contributed by atoms with Crippen LogP contribution >= 0.6 is 0 Å². The van der Waals surface area contributed by atoms with E-state index < -0.39 is 0 Å². The highest BCUT2D eigenvalue weighted by Crippen LogP contribution is 2.18. The van der Waals surface area contributed by atoms with Gasteiger partial charge in [-0.3, -0.25) is 9.59 Å². The van der Waals surface area contributed by atoms with Crippen LogP contribution < -0.4 is 10.9 Å². The molecule has 1 aliphatic rings. The molecule has 1 unspecified atom stereocenters. The van der Waals surface area contributed by atoms with Crippen molar-refractivity contribution in [2.24, 2.45) is 0 Å². The van der Waals surface area contributed by atoms with Crippen LogP contribution in [0.4, 0.5) is 0 Å². The molecule has 5 nitrogen and oxygen atoms in total. The van der Waals surface area contributed by atoms with Crippen molar-refractivity contribution in [1.29, 1.82) is 5.26 Å². The summed E-state index contributed by atoms with van der Waals surface area (Å²) in [5.41, 5.74) is 3.05. The standard InChI is InChI=1S/C17H15N3O2/c18-10-11-1-3-12(4-2-11)17(22)19-14-6-7-15-13(9-14)5-8-16(21)20-15/h1-5,8,14H,6-7,9H2,(H,19,22)(H,20,21). The molecule has 2 aromatic rings. The van der Waals surface area contributed by atoms with Crippen LogP contribution in [0.3, 0.4) is 0 Å². The lowest BCUT2D eigenvalue weighted by molar-refractivity contribution is 0.0933. The van der Waals surface area contributed by atoms with Gasteiger partial charge in [-0.25, -0.2) is 0 Å². The van der Waals surface area contributed by atoms with Crippen LogP contribution in [0, 0.1) is 11.3 Å². The van der Waals surface area contributed by atoms with E-state index in [-0.39, 0.29) is 17.5 Å². The lowest BCUT2D eigenvalue weighted by atomic mass is 9.91. The molecule has 0 spiro atoms. The lowest BCUT2D eigenvalue weighted by Crippen LogP contribution is -2.39. The number of carbonyl (C=O) groups is 1. The van der Waals surface area contributed by atoms with Crippen LogP contribution in [0.2, 0.25) is 0 Å². The maximum atomic E-state index is 12.2. The molecule has 5 heteroatoms. The number of aromatic nitrogens is 1. The number of aromatic amines is 1. The molecule has 1 aromatic heterocycles. The summed E-state index contributed by atoms with van der Waals surface area (Å²) in [4.78, 5) is 26.4. The highest BCUT2D eigenvalue weighted by Gasteiger charge is 2.21. The first kappa shape index (κ1) is 14.1. The number of nitriles is 1. The van der Waals surface area contributed by atoms with E-state index in [4.69, 9.17) is 5.26 Å². The first-order valence-corrected chi connectivity index (χ1v) is 7.18. The van der Waals surface area contributed by atoms with Gasteiger partial charge in [0.1, 0.15) is 0 Å². The third-order valence-corrected chi connectivity index (χ3v) is 3.92. The monoisotopic (exact) mass is 293 g/mol. The van der Waals surface area contributed by atoms with E-state index in [0.717, 1.165) is 24.1 Å². The van der Waals surface area contributed by atoms with E-state index in [9.17, 15) is 9.59 Å². The average Bonchev–Trinajstić information content (AvgIpc) is 2.55. The van der Waals surface area contributed by atoms with Gasteiger partial charge in [-0.05, 0) is 49.1 Å². The summed E-state index contributed by atoms with van der Waals surface area (Å²) < 4.78 is 0. The minimum absolute atomic E-state index is 0.0570. The number of aryl methyl sites for hydroxylation is 1. The van der Waals surface area contributed by atoms with Crippen molar-refractivity contribution in [2.75, 3.05) is 0 Å². The highest BCUT2D eigenvalue weighted by molar-refractivity contribution is 5.94. The van der Waals surface area contributed by atoms with Crippen LogP contribution in [0.25, 0.3) is 0 Å². The van der Waals surface area contributed by atoms with Crippen molar-refractivity contribution in [1.82, 2.24) is 10.3 Å². The summed E-state index contributed by atoms with van der Waals surface area (Å²) in [6.07, 6.45) is 2.27. The van der Waals surface area contributed by atoms with Gasteiger partial charge in [-0.2, -0.15) is 5.26 Å². The number of H-pyrrole nitrogens is 1. The maximum absolute atomic E-state index is 12.2. The molecule has 1 aromatic carbocycles. The fourth-order valence-corrected chi connectivity index (χ4v) is 2.74.